The minimum absolute atomic E-state index is 0.245. The Kier molecular flexibility index (Phi) is 12.3. The molecule has 1 aromatic rings. The third-order valence-corrected chi connectivity index (χ3v) is 1.80. The van der Waals surface area contributed by atoms with E-state index < -0.39 is 0 Å². The predicted octanol–water partition coefficient (Wildman–Crippen LogP) is 1.36. The molecular weight excluding hydrogens is 246 g/mol. The van der Waals surface area contributed by atoms with Gasteiger partial charge in [0.1, 0.15) is 5.75 Å². The van der Waals surface area contributed by atoms with Crippen LogP contribution in [0.2, 0.25) is 0 Å². The van der Waals surface area contributed by atoms with Crippen LogP contribution in [0.15, 0.2) is 24.3 Å². The number of para-hydroxylation sites is 1. The molecule has 0 amide bonds. The molecule has 6 heteroatoms. The van der Waals surface area contributed by atoms with E-state index in [2.05, 4.69) is 23.1 Å². The Bertz CT molecular complexity index is 377. The van der Waals surface area contributed by atoms with Crippen molar-refractivity contribution in [3.63, 3.8) is 0 Å². The van der Waals surface area contributed by atoms with Crippen LogP contribution in [0.5, 0.6) is 5.75 Å². The van der Waals surface area contributed by atoms with Gasteiger partial charge in [-0.05, 0) is 18.1 Å². The summed E-state index contributed by atoms with van der Waals surface area (Å²) in [4.78, 5) is 9.59. The molecule has 6 nitrogen and oxygen atoms in total. The van der Waals surface area contributed by atoms with Gasteiger partial charge < -0.3 is 21.3 Å². The van der Waals surface area contributed by atoms with E-state index >= 15 is 0 Å². The minimum Gasteiger partial charge on any atom is -0.508 e. The van der Waals surface area contributed by atoms with Crippen molar-refractivity contribution in [1.29, 1.82) is 5.41 Å². The monoisotopic (exact) mass is 269 g/mol. The van der Waals surface area contributed by atoms with E-state index in [1.165, 1.54) is 14.0 Å². The first-order valence-corrected chi connectivity index (χ1v) is 5.76. The molecule has 0 spiro atoms. The zero-order valence-corrected chi connectivity index (χ0v) is 11.6. The molecule has 0 aliphatic heterocycles. The number of esters is 1. The standard InChI is InChI=1S/C9H12O.C3H6O2.CH5N3/c1-2-5-8-6-3-4-7-9(8)10;1-3(4)5-2;2-1(3)4/h3-4,6-7,10H,2,5H2,1H3;1-2H3;(H5,2,3,4). The molecule has 0 aromatic heterocycles. The first-order chi connectivity index (χ1) is 8.84. The number of guanidine groups is 1. The van der Waals surface area contributed by atoms with Gasteiger partial charge in [0.2, 0.25) is 0 Å². The number of aromatic hydroxyl groups is 1. The number of hydrogen-bond donors (Lipinski definition) is 4. The van der Waals surface area contributed by atoms with Gasteiger partial charge in [-0.15, -0.1) is 0 Å². The topological polar surface area (TPSA) is 122 Å². The van der Waals surface area contributed by atoms with Gasteiger partial charge in [0, 0.05) is 6.92 Å². The zero-order chi connectivity index (χ0) is 15.3. The highest BCUT2D eigenvalue weighted by atomic mass is 16.5. The lowest BCUT2D eigenvalue weighted by Crippen LogP contribution is -2.20. The summed E-state index contributed by atoms with van der Waals surface area (Å²) in [5.41, 5.74) is 9.99. The summed E-state index contributed by atoms with van der Waals surface area (Å²) in [6, 6.07) is 7.48. The second kappa shape index (κ2) is 12.2. The van der Waals surface area contributed by atoms with Gasteiger partial charge in [0.15, 0.2) is 5.96 Å². The Morgan fingerprint density at radius 1 is 1.37 bits per heavy atom. The number of ether oxygens (including phenoxy) is 1. The summed E-state index contributed by atoms with van der Waals surface area (Å²) in [7, 11) is 1.35. The fourth-order valence-corrected chi connectivity index (χ4v) is 0.992. The number of rotatable bonds is 2. The number of benzene rings is 1. The largest absolute Gasteiger partial charge is 0.508 e. The van der Waals surface area contributed by atoms with Gasteiger partial charge in [-0.2, -0.15) is 0 Å². The maximum Gasteiger partial charge on any atom is 0.302 e. The third kappa shape index (κ3) is 15.8. The van der Waals surface area contributed by atoms with Gasteiger partial charge in [-0.1, -0.05) is 31.5 Å². The minimum atomic E-state index is -0.333. The number of hydrogen-bond acceptors (Lipinski definition) is 4. The fourth-order valence-electron chi connectivity index (χ4n) is 0.992. The fraction of sp³-hybridized carbons (Fsp3) is 0.385. The van der Waals surface area contributed by atoms with Crippen LogP contribution in [0, 0.1) is 5.41 Å². The molecule has 0 heterocycles. The van der Waals surface area contributed by atoms with E-state index in [0.29, 0.717) is 5.75 Å². The predicted molar refractivity (Wildman–Crippen MR) is 75.9 cm³/mol. The van der Waals surface area contributed by atoms with Crippen molar-refractivity contribution in [3.8, 4) is 5.75 Å². The molecule has 0 bridgehead atoms. The summed E-state index contributed by atoms with van der Waals surface area (Å²) >= 11 is 0. The Morgan fingerprint density at radius 2 is 1.79 bits per heavy atom. The maximum atomic E-state index is 9.59. The van der Waals surface area contributed by atoms with Crippen molar-refractivity contribution in [3.05, 3.63) is 29.8 Å². The molecule has 0 saturated heterocycles. The lowest BCUT2D eigenvalue weighted by atomic mass is 10.1. The van der Waals surface area contributed by atoms with Gasteiger partial charge in [0.25, 0.3) is 0 Å². The van der Waals surface area contributed by atoms with Crippen molar-refractivity contribution >= 4 is 11.9 Å². The van der Waals surface area contributed by atoms with E-state index in [4.69, 9.17) is 5.41 Å². The summed E-state index contributed by atoms with van der Waals surface area (Å²) < 4.78 is 4.11. The lowest BCUT2D eigenvalue weighted by molar-refractivity contribution is -0.137. The molecule has 19 heavy (non-hydrogen) atoms. The van der Waals surface area contributed by atoms with Gasteiger partial charge >= 0.3 is 5.97 Å². The molecule has 0 fully saturated rings. The van der Waals surface area contributed by atoms with Crippen LogP contribution >= 0.6 is 0 Å². The highest BCUT2D eigenvalue weighted by molar-refractivity contribution is 5.71. The van der Waals surface area contributed by atoms with E-state index in [0.717, 1.165) is 18.4 Å². The molecule has 1 rings (SSSR count). The number of phenols is 1. The SMILES string of the molecule is CCCc1ccccc1O.COC(C)=O.N=C(N)N. The summed E-state index contributed by atoms with van der Waals surface area (Å²) in [6.07, 6.45) is 2.05. The van der Waals surface area contributed by atoms with Crippen molar-refractivity contribution in [2.45, 2.75) is 26.7 Å². The normalized spacial score (nSPS) is 8.16. The quantitative estimate of drug-likeness (QED) is 0.367. The number of aryl methyl sites for hydroxylation is 1. The van der Waals surface area contributed by atoms with Crippen molar-refractivity contribution in [2.75, 3.05) is 7.11 Å². The first kappa shape index (κ1) is 19.1. The summed E-state index contributed by atoms with van der Waals surface area (Å²) in [6.45, 7) is 3.46. The number of phenolic OH excluding ortho intramolecular Hbond substituents is 1. The lowest BCUT2D eigenvalue weighted by Gasteiger charge is -1.99. The Morgan fingerprint density at radius 3 is 2.11 bits per heavy atom. The van der Waals surface area contributed by atoms with E-state index in [1.54, 1.807) is 6.07 Å². The van der Waals surface area contributed by atoms with Gasteiger partial charge in [-0.25, -0.2) is 0 Å². The Hall–Kier alpha value is -2.24. The second-order valence-corrected chi connectivity index (χ2v) is 3.53. The Balaban J connectivity index is 0. The maximum absolute atomic E-state index is 9.59. The van der Waals surface area contributed by atoms with Crippen LogP contribution in [0.4, 0.5) is 0 Å². The molecular formula is C13H23N3O3. The summed E-state index contributed by atoms with van der Waals surface area (Å²) in [5.74, 6) is -0.158. The molecule has 0 aliphatic carbocycles. The molecule has 0 aliphatic rings. The number of nitrogens with one attached hydrogen (secondary N) is 1. The van der Waals surface area contributed by atoms with Crippen LogP contribution in [-0.2, 0) is 16.0 Å². The highest BCUT2D eigenvalue weighted by Gasteiger charge is 1.95. The average Bonchev–Trinajstić information content (AvgIpc) is 2.32. The number of nitrogens with two attached hydrogens (primary N) is 2. The molecule has 0 atom stereocenters. The average molecular weight is 269 g/mol. The highest BCUT2D eigenvalue weighted by Crippen LogP contribution is 2.16. The van der Waals surface area contributed by atoms with Crippen molar-refractivity contribution < 1.29 is 14.6 Å². The number of methoxy groups -OCH3 is 1. The second-order valence-electron chi connectivity index (χ2n) is 3.53. The Labute approximate surface area is 113 Å². The molecule has 0 unspecified atom stereocenters. The summed E-state index contributed by atoms with van der Waals surface area (Å²) in [5, 5.41) is 15.3. The van der Waals surface area contributed by atoms with E-state index in [9.17, 15) is 9.90 Å². The van der Waals surface area contributed by atoms with Gasteiger partial charge in [0.05, 0.1) is 7.11 Å². The zero-order valence-electron chi connectivity index (χ0n) is 11.6. The molecule has 108 valence electrons. The molecule has 6 N–H and O–H groups in total. The smallest absolute Gasteiger partial charge is 0.302 e. The van der Waals surface area contributed by atoms with Crippen LogP contribution in [0.25, 0.3) is 0 Å². The van der Waals surface area contributed by atoms with Gasteiger partial charge in [-0.3, -0.25) is 10.2 Å². The van der Waals surface area contributed by atoms with Crippen LogP contribution in [0.3, 0.4) is 0 Å². The molecule has 1 aromatic carbocycles. The van der Waals surface area contributed by atoms with Crippen LogP contribution in [-0.4, -0.2) is 24.1 Å². The molecule has 0 radical (unpaired) electrons. The van der Waals surface area contributed by atoms with Crippen molar-refractivity contribution in [2.24, 2.45) is 11.5 Å². The first-order valence-electron chi connectivity index (χ1n) is 5.76. The number of carbonyl (C=O) groups excluding carboxylic acids is 1. The van der Waals surface area contributed by atoms with E-state index in [-0.39, 0.29) is 11.9 Å². The molecule has 0 saturated carbocycles. The third-order valence-electron chi connectivity index (χ3n) is 1.80. The van der Waals surface area contributed by atoms with Crippen LogP contribution < -0.4 is 11.5 Å². The van der Waals surface area contributed by atoms with Crippen molar-refractivity contribution in [1.82, 2.24) is 0 Å². The number of carbonyl (C=O) groups is 1. The van der Waals surface area contributed by atoms with E-state index in [1.807, 2.05) is 18.2 Å². The van der Waals surface area contributed by atoms with Crippen LogP contribution in [0.1, 0.15) is 25.8 Å².